The third-order valence-electron chi connectivity index (χ3n) is 19.6. The number of methoxy groups -OCH3 is 1. The van der Waals surface area contributed by atoms with Gasteiger partial charge in [0.15, 0.2) is 0 Å². The molecule has 0 aromatic carbocycles. The van der Waals surface area contributed by atoms with E-state index in [2.05, 4.69) is 69.2 Å². The summed E-state index contributed by atoms with van der Waals surface area (Å²) in [6.07, 6.45) is 38.3. The lowest BCUT2D eigenvalue weighted by Crippen LogP contribution is -2.67. The smallest absolute Gasteiger partial charge is 0.306 e. The van der Waals surface area contributed by atoms with Crippen LogP contribution in [0.1, 0.15) is 288 Å². The Bertz CT molecular complexity index is 1390. The van der Waals surface area contributed by atoms with E-state index in [1.165, 1.54) is 116 Å². The van der Waals surface area contributed by atoms with Crippen LogP contribution in [0.4, 0.5) is 0 Å². The van der Waals surface area contributed by atoms with Crippen LogP contribution in [0.3, 0.4) is 0 Å². The molecule has 0 aliphatic heterocycles. The topological polar surface area (TPSA) is 82.1 Å². The molecule has 6 nitrogen and oxygen atoms in total. The second-order valence-electron chi connectivity index (χ2n) is 25.0. The van der Waals surface area contributed by atoms with Gasteiger partial charge in [-0.2, -0.15) is 0 Å². The van der Waals surface area contributed by atoms with E-state index in [9.17, 15) is 14.7 Å². The SMILES string of the molecule is CCCCCCCCCCCCCC(=O)O[C@H]1CC[C@]2(C)[C@H]3C[C@@H](OC(=O)CCCCCCCCCCCCC)[C@@H]4[C@@H]([C@](C)(O)CCCC(C)(C)OC)CC[C@@]4(C)[C@]3(C)CC[C@H]2C1(C)C. The first-order chi connectivity index (χ1) is 30.8. The summed E-state index contributed by atoms with van der Waals surface area (Å²) in [6, 6.07) is 0. The summed E-state index contributed by atoms with van der Waals surface area (Å²) in [7, 11) is 1.78. The maximum atomic E-state index is 14.0. The molecule has 0 saturated heterocycles. The van der Waals surface area contributed by atoms with Crippen molar-refractivity contribution in [2.24, 2.45) is 45.3 Å². The van der Waals surface area contributed by atoms with E-state index in [1.54, 1.807) is 7.11 Å². The molecule has 0 radical (unpaired) electrons. The number of rotatable bonds is 32. The zero-order valence-electron chi connectivity index (χ0n) is 45.0. The molecular weight excluding hydrogens is 805 g/mol. The molecule has 4 rings (SSSR count). The number of ether oxygens (including phenoxy) is 3. The van der Waals surface area contributed by atoms with Crippen LogP contribution in [0.5, 0.6) is 0 Å². The van der Waals surface area contributed by atoms with Gasteiger partial charge >= 0.3 is 11.9 Å². The average Bonchev–Trinajstić information content (AvgIpc) is 3.64. The largest absolute Gasteiger partial charge is 0.462 e. The second kappa shape index (κ2) is 26.2. The summed E-state index contributed by atoms with van der Waals surface area (Å²) >= 11 is 0. The van der Waals surface area contributed by atoms with E-state index in [0.29, 0.717) is 24.7 Å². The number of unbranched alkanes of at least 4 members (excludes halogenated alkanes) is 20. The van der Waals surface area contributed by atoms with Gasteiger partial charge in [-0.25, -0.2) is 0 Å². The lowest BCUT2D eigenvalue weighted by atomic mass is 9.35. The third-order valence-corrected chi connectivity index (χ3v) is 19.6. The normalized spacial score (nSPS) is 31.7. The molecule has 0 spiro atoms. The number of esters is 2. The number of aliphatic hydroxyl groups is 1. The van der Waals surface area contributed by atoms with Crippen LogP contribution in [-0.4, -0.2) is 47.6 Å². The van der Waals surface area contributed by atoms with E-state index >= 15 is 0 Å². The molecule has 0 aromatic heterocycles. The quantitative estimate of drug-likeness (QED) is 0.0535. The molecule has 65 heavy (non-hydrogen) atoms. The predicted molar refractivity (Wildman–Crippen MR) is 272 cm³/mol. The highest BCUT2D eigenvalue weighted by molar-refractivity contribution is 5.70. The third kappa shape index (κ3) is 14.9. The van der Waals surface area contributed by atoms with Crippen LogP contribution in [0.25, 0.3) is 0 Å². The van der Waals surface area contributed by atoms with E-state index < -0.39 is 5.60 Å². The lowest BCUT2D eigenvalue weighted by molar-refractivity contribution is -0.253. The summed E-state index contributed by atoms with van der Waals surface area (Å²) in [5, 5.41) is 12.5. The van der Waals surface area contributed by atoms with Gasteiger partial charge in [-0.3, -0.25) is 9.59 Å². The first kappa shape index (κ1) is 56.4. The fourth-order valence-corrected chi connectivity index (χ4v) is 15.2. The number of carbonyl (C=O) groups is 2. The Hall–Kier alpha value is -1.14. The molecule has 0 amide bonds. The maximum absolute atomic E-state index is 14.0. The summed E-state index contributed by atoms with van der Waals surface area (Å²) in [5.41, 5.74) is -1.18. The van der Waals surface area contributed by atoms with Crippen LogP contribution in [-0.2, 0) is 23.8 Å². The van der Waals surface area contributed by atoms with Crippen molar-refractivity contribution in [2.75, 3.05) is 7.11 Å². The minimum atomic E-state index is -0.852. The van der Waals surface area contributed by atoms with Gasteiger partial charge in [-0.15, -0.1) is 0 Å². The Morgan fingerprint density at radius 2 is 1.02 bits per heavy atom. The van der Waals surface area contributed by atoms with Crippen molar-refractivity contribution in [3.8, 4) is 0 Å². The number of hydrogen-bond acceptors (Lipinski definition) is 6. The van der Waals surface area contributed by atoms with Crippen molar-refractivity contribution in [2.45, 2.75) is 311 Å². The van der Waals surface area contributed by atoms with Crippen LogP contribution in [0, 0.1) is 45.3 Å². The summed E-state index contributed by atoms with van der Waals surface area (Å²) < 4.78 is 19.1. The van der Waals surface area contributed by atoms with E-state index in [1.807, 2.05) is 0 Å². The molecule has 0 aromatic rings. The van der Waals surface area contributed by atoms with Crippen LogP contribution in [0.2, 0.25) is 0 Å². The van der Waals surface area contributed by atoms with Gasteiger partial charge in [0.2, 0.25) is 0 Å². The standard InChI is InChI=1S/C59H108O6/c1-12-14-16-18-20-22-24-26-28-30-32-35-51(60)64-47-45-49-56(7)42-39-50(65-52(61)36-33-31-29-27-25-23-21-19-17-15-13-2)55(5,6)48(56)38-44-57(49,8)58(9)43-37-46(53(47)58)59(10,62)41-34-40-54(3,4)63-11/h46-50,53,62H,12-45H2,1-11H3/t46-,47+,48-,49+,50-,53-,56-,57+,58+,59+/m0/s1. The minimum absolute atomic E-state index is 0.00381. The van der Waals surface area contributed by atoms with Crippen molar-refractivity contribution < 1.29 is 28.9 Å². The first-order valence-corrected chi connectivity index (χ1v) is 28.5. The molecule has 4 aliphatic carbocycles. The Balaban J connectivity index is 1.42. The van der Waals surface area contributed by atoms with Gasteiger partial charge in [0.25, 0.3) is 0 Å². The average molecular weight is 914 g/mol. The highest BCUT2D eigenvalue weighted by Gasteiger charge is 2.72. The van der Waals surface area contributed by atoms with Crippen LogP contribution in [0.15, 0.2) is 0 Å². The highest BCUT2D eigenvalue weighted by atomic mass is 16.5. The lowest BCUT2D eigenvalue weighted by Gasteiger charge is -2.70. The Morgan fingerprint density at radius 3 is 1.51 bits per heavy atom. The van der Waals surface area contributed by atoms with Crippen molar-refractivity contribution in [1.82, 2.24) is 0 Å². The van der Waals surface area contributed by atoms with Crippen LogP contribution < -0.4 is 0 Å². The molecular formula is C59H108O6. The van der Waals surface area contributed by atoms with Gasteiger partial charge in [-0.1, -0.05) is 177 Å². The number of fused-ring (bicyclic) bond motifs is 5. The monoisotopic (exact) mass is 913 g/mol. The van der Waals surface area contributed by atoms with E-state index in [-0.39, 0.29) is 63.2 Å². The molecule has 10 atom stereocenters. The van der Waals surface area contributed by atoms with Gasteiger partial charge < -0.3 is 19.3 Å². The minimum Gasteiger partial charge on any atom is -0.462 e. The van der Waals surface area contributed by atoms with E-state index in [0.717, 1.165) is 89.9 Å². The zero-order valence-corrected chi connectivity index (χ0v) is 45.0. The maximum Gasteiger partial charge on any atom is 0.306 e. The van der Waals surface area contributed by atoms with Gasteiger partial charge in [0.05, 0.1) is 11.2 Å². The van der Waals surface area contributed by atoms with Gasteiger partial charge in [0.1, 0.15) is 12.2 Å². The molecule has 4 fully saturated rings. The molecule has 0 heterocycles. The summed E-state index contributed by atoms with van der Waals surface area (Å²) in [6.45, 7) is 23.4. The number of carbonyl (C=O) groups excluding carboxylic acids is 2. The fraction of sp³-hybridized carbons (Fsp3) is 0.966. The molecule has 380 valence electrons. The van der Waals surface area contributed by atoms with Crippen molar-refractivity contribution in [1.29, 1.82) is 0 Å². The summed E-state index contributed by atoms with van der Waals surface area (Å²) in [5.74, 6) is 0.961. The second-order valence-corrected chi connectivity index (χ2v) is 25.0. The fourth-order valence-electron chi connectivity index (χ4n) is 15.2. The Morgan fingerprint density at radius 1 is 0.554 bits per heavy atom. The molecule has 0 bridgehead atoms. The van der Waals surface area contributed by atoms with Gasteiger partial charge in [-0.05, 0) is 132 Å². The predicted octanol–water partition coefficient (Wildman–Crippen LogP) is 16.9. The first-order valence-electron chi connectivity index (χ1n) is 28.5. The molecule has 4 aliphatic rings. The highest BCUT2D eigenvalue weighted by Crippen LogP contribution is 2.76. The molecule has 0 unspecified atom stereocenters. The molecule has 1 N–H and O–H groups in total. The molecule has 6 heteroatoms. The van der Waals surface area contributed by atoms with Gasteiger partial charge in [0, 0.05) is 31.3 Å². The van der Waals surface area contributed by atoms with E-state index in [4.69, 9.17) is 14.2 Å². The van der Waals surface area contributed by atoms with Crippen LogP contribution >= 0.6 is 0 Å². The Labute approximate surface area is 402 Å². The number of hydrogen-bond donors (Lipinski definition) is 1. The Kier molecular flexibility index (Phi) is 22.7. The zero-order chi connectivity index (χ0) is 47.8. The molecule has 4 saturated carbocycles. The van der Waals surface area contributed by atoms with Crippen molar-refractivity contribution >= 4 is 11.9 Å². The van der Waals surface area contributed by atoms with Crippen molar-refractivity contribution in [3.63, 3.8) is 0 Å². The summed E-state index contributed by atoms with van der Waals surface area (Å²) in [4.78, 5) is 27.5. The van der Waals surface area contributed by atoms with Crippen molar-refractivity contribution in [3.05, 3.63) is 0 Å².